The molecule has 0 aliphatic rings. The van der Waals surface area contributed by atoms with E-state index in [9.17, 15) is 9.59 Å². The third-order valence-corrected chi connectivity index (χ3v) is 2.65. The molecule has 0 saturated heterocycles. The summed E-state index contributed by atoms with van der Waals surface area (Å²) < 4.78 is 2.13. The van der Waals surface area contributed by atoms with Crippen LogP contribution in [0.2, 0.25) is 0 Å². The first-order chi connectivity index (χ1) is 10.0. The molecule has 1 aromatic carbocycles. The van der Waals surface area contributed by atoms with Crippen LogP contribution in [0.15, 0.2) is 23.0 Å². The van der Waals surface area contributed by atoms with Gasteiger partial charge in [0, 0.05) is 19.5 Å². The molecular formula is C12H12N6O3. The highest BCUT2D eigenvalue weighted by Crippen LogP contribution is 2.17. The van der Waals surface area contributed by atoms with Crippen LogP contribution in [0.4, 0.5) is 0 Å². The number of hydroxylamine groups is 1. The summed E-state index contributed by atoms with van der Waals surface area (Å²) in [6, 6.07) is 6.82. The minimum Gasteiger partial charge on any atom is -0.273 e. The normalized spacial score (nSPS) is 10.1. The molecule has 0 atom stereocenters. The van der Waals surface area contributed by atoms with Crippen molar-refractivity contribution in [3.05, 3.63) is 39.8 Å². The average Bonchev–Trinajstić information content (AvgIpc) is 2.79. The SMILES string of the molecule is CC(=O)NOCc1c(C#N)cccc1-n1nnn(C)c1=O. The molecule has 1 amide bonds. The maximum atomic E-state index is 11.9. The molecular weight excluding hydrogens is 276 g/mol. The van der Waals surface area contributed by atoms with Gasteiger partial charge in [-0.25, -0.2) is 10.3 Å². The number of hydrogen-bond acceptors (Lipinski definition) is 6. The summed E-state index contributed by atoms with van der Waals surface area (Å²) in [5, 5.41) is 16.5. The lowest BCUT2D eigenvalue weighted by Gasteiger charge is -2.10. The maximum Gasteiger partial charge on any atom is 0.368 e. The molecule has 0 radical (unpaired) electrons. The van der Waals surface area contributed by atoms with Gasteiger partial charge in [0.05, 0.1) is 17.3 Å². The quantitative estimate of drug-likeness (QED) is 0.752. The van der Waals surface area contributed by atoms with Crippen molar-refractivity contribution < 1.29 is 9.63 Å². The van der Waals surface area contributed by atoms with Gasteiger partial charge in [-0.3, -0.25) is 9.63 Å². The standard InChI is InChI=1S/C12H12N6O3/c1-8(19)14-21-7-10-9(6-13)4-3-5-11(10)18-12(20)17(2)15-16-18/h3-5H,7H2,1-2H3,(H,14,19). The zero-order valence-corrected chi connectivity index (χ0v) is 11.4. The number of hydrogen-bond donors (Lipinski definition) is 1. The topological polar surface area (TPSA) is 115 Å². The first-order valence-electron chi connectivity index (χ1n) is 5.94. The monoisotopic (exact) mass is 288 g/mol. The van der Waals surface area contributed by atoms with Crippen LogP contribution >= 0.6 is 0 Å². The molecule has 0 aliphatic heterocycles. The number of aromatic nitrogens is 4. The van der Waals surface area contributed by atoms with Crippen LogP contribution in [-0.4, -0.2) is 25.7 Å². The van der Waals surface area contributed by atoms with Gasteiger partial charge in [-0.05, 0) is 22.6 Å². The van der Waals surface area contributed by atoms with E-state index in [1.165, 1.54) is 14.0 Å². The van der Waals surface area contributed by atoms with Crippen molar-refractivity contribution >= 4 is 5.91 Å². The van der Waals surface area contributed by atoms with Gasteiger partial charge < -0.3 is 0 Å². The Morgan fingerprint density at radius 3 is 2.81 bits per heavy atom. The summed E-state index contributed by atoms with van der Waals surface area (Å²) in [6.07, 6.45) is 0. The van der Waals surface area contributed by atoms with Crippen LogP contribution in [0.5, 0.6) is 0 Å². The fourth-order valence-electron chi connectivity index (χ4n) is 1.70. The Bertz CT molecular complexity index is 770. The van der Waals surface area contributed by atoms with Gasteiger partial charge in [0.2, 0.25) is 5.91 Å². The third kappa shape index (κ3) is 2.96. The van der Waals surface area contributed by atoms with Gasteiger partial charge in [0.25, 0.3) is 0 Å². The van der Waals surface area contributed by atoms with E-state index in [2.05, 4.69) is 15.9 Å². The van der Waals surface area contributed by atoms with E-state index in [4.69, 9.17) is 10.1 Å². The minimum absolute atomic E-state index is 0.0817. The highest BCUT2D eigenvalue weighted by molar-refractivity contribution is 5.71. The molecule has 0 spiro atoms. The van der Waals surface area contributed by atoms with E-state index >= 15 is 0 Å². The van der Waals surface area contributed by atoms with Crippen molar-refractivity contribution in [2.24, 2.45) is 7.05 Å². The van der Waals surface area contributed by atoms with Crippen LogP contribution in [-0.2, 0) is 23.3 Å². The Morgan fingerprint density at radius 2 is 2.24 bits per heavy atom. The molecule has 9 nitrogen and oxygen atoms in total. The summed E-state index contributed by atoms with van der Waals surface area (Å²) in [5.41, 5.74) is 2.83. The molecule has 2 rings (SSSR count). The molecule has 0 bridgehead atoms. The van der Waals surface area contributed by atoms with Gasteiger partial charge >= 0.3 is 5.69 Å². The number of aryl methyl sites for hydroxylation is 1. The Balaban J connectivity index is 2.46. The molecule has 9 heteroatoms. The molecule has 1 N–H and O–H groups in total. The second-order valence-electron chi connectivity index (χ2n) is 4.16. The molecule has 0 aliphatic carbocycles. The Hall–Kier alpha value is -2.99. The molecule has 1 aromatic heterocycles. The molecule has 2 aromatic rings. The number of carbonyl (C=O) groups is 1. The Kier molecular flexibility index (Phi) is 4.10. The summed E-state index contributed by atoms with van der Waals surface area (Å²) in [5.74, 6) is -0.373. The fourth-order valence-corrected chi connectivity index (χ4v) is 1.70. The molecule has 21 heavy (non-hydrogen) atoms. The second-order valence-corrected chi connectivity index (χ2v) is 4.16. The highest BCUT2D eigenvalue weighted by atomic mass is 16.6. The zero-order valence-electron chi connectivity index (χ0n) is 11.4. The van der Waals surface area contributed by atoms with Crippen LogP contribution in [0, 0.1) is 11.3 Å². The summed E-state index contributed by atoms with van der Waals surface area (Å²) in [4.78, 5) is 27.7. The second kappa shape index (κ2) is 5.98. The van der Waals surface area contributed by atoms with Gasteiger partial charge in [0.1, 0.15) is 6.61 Å². The first kappa shape index (κ1) is 14.4. The highest BCUT2D eigenvalue weighted by Gasteiger charge is 2.14. The Labute approximate surface area is 119 Å². The van der Waals surface area contributed by atoms with Crippen molar-refractivity contribution in [1.29, 1.82) is 5.26 Å². The molecule has 0 unspecified atom stereocenters. The van der Waals surface area contributed by atoms with Gasteiger partial charge in [0.15, 0.2) is 0 Å². The zero-order chi connectivity index (χ0) is 15.4. The number of rotatable bonds is 4. The van der Waals surface area contributed by atoms with E-state index in [-0.39, 0.29) is 12.5 Å². The van der Waals surface area contributed by atoms with Gasteiger partial charge in [-0.15, -0.1) is 0 Å². The minimum atomic E-state index is -0.453. The van der Waals surface area contributed by atoms with Crippen LogP contribution in [0.25, 0.3) is 5.69 Å². The van der Waals surface area contributed by atoms with E-state index < -0.39 is 5.69 Å². The lowest BCUT2D eigenvalue weighted by molar-refractivity contribution is -0.132. The third-order valence-electron chi connectivity index (χ3n) is 2.65. The van der Waals surface area contributed by atoms with Crippen LogP contribution in [0.1, 0.15) is 18.1 Å². The van der Waals surface area contributed by atoms with Crippen molar-refractivity contribution in [3.8, 4) is 11.8 Å². The first-order valence-corrected chi connectivity index (χ1v) is 5.94. The van der Waals surface area contributed by atoms with E-state index in [0.717, 1.165) is 9.36 Å². The number of carbonyl (C=O) groups excluding carboxylic acids is 1. The maximum absolute atomic E-state index is 11.9. The average molecular weight is 288 g/mol. The fraction of sp³-hybridized carbons (Fsp3) is 0.250. The smallest absolute Gasteiger partial charge is 0.273 e. The molecule has 108 valence electrons. The summed E-state index contributed by atoms with van der Waals surface area (Å²) in [6.45, 7) is 1.21. The number of nitrogens with one attached hydrogen (secondary N) is 1. The lowest BCUT2D eigenvalue weighted by atomic mass is 10.1. The van der Waals surface area contributed by atoms with E-state index in [1.807, 2.05) is 6.07 Å². The van der Waals surface area contributed by atoms with Gasteiger partial charge in [-0.1, -0.05) is 6.07 Å². The molecule has 0 fully saturated rings. The summed E-state index contributed by atoms with van der Waals surface area (Å²) >= 11 is 0. The van der Waals surface area contributed by atoms with E-state index in [1.54, 1.807) is 18.2 Å². The van der Waals surface area contributed by atoms with Gasteiger partial charge in [-0.2, -0.15) is 14.6 Å². The molecule has 0 saturated carbocycles. The number of amides is 1. The van der Waals surface area contributed by atoms with Crippen molar-refractivity contribution in [2.75, 3.05) is 0 Å². The number of nitriles is 1. The Morgan fingerprint density at radius 1 is 1.48 bits per heavy atom. The predicted molar refractivity (Wildman–Crippen MR) is 69.9 cm³/mol. The number of benzene rings is 1. The number of tetrazole rings is 1. The van der Waals surface area contributed by atoms with Crippen LogP contribution in [0.3, 0.4) is 0 Å². The predicted octanol–water partition coefficient (Wildman–Crippen LogP) is -0.595. The largest absolute Gasteiger partial charge is 0.368 e. The van der Waals surface area contributed by atoms with Crippen LogP contribution < -0.4 is 11.2 Å². The van der Waals surface area contributed by atoms with Crippen molar-refractivity contribution in [1.82, 2.24) is 25.3 Å². The van der Waals surface area contributed by atoms with Crippen molar-refractivity contribution in [3.63, 3.8) is 0 Å². The van der Waals surface area contributed by atoms with Crippen molar-refractivity contribution in [2.45, 2.75) is 13.5 Å². The number of nitrogens with zero attached hydrogens (tertiary/aromatic N) is 5. The summed E-state index contributed by atoms with van der Waals surface area (Å²) in [7, 11) is 1.47. The lowest BCUT2D eigenvalue weighted by Crippen LogP contribution is -2.24. The molecule has 1 heterocycles. The van der Waals surface area contributed by atoms with E-state index in [0.29, 0.717) is 16.8 Å².